The van der Waals surface area contributed by atoms with Gasteiger partial charge in [-0.2, -0.15) is 0 Å². The number of halogens is 2. The Labute approximate surface area is 102 Å². The van der Waals surface area contributed by atoms with Crippen molar-refractivity contribution in [3.8, 4) is 0 Å². The standard InChI is InChI=1S/C11H14BrFN2O/c1-3-11(2,14)10(16)15-9-6-7(13)4-5-8(9)12/h4-6H,3,14H2,1-2H3,(H,15,16). The van der Waals surface area contributed by atoms with Gasteiger partial charge in [0.2, 0.25) is 5.91 Å². The van der Waals surface area contributed by atoms with Gasteiger partial charge in [0.25, 0.3) is 0 Å². The average Bonchev–Trinajstić information content (AvgIpc) is 2.23. The fourth-order valence-electron chi connectivity index (χ4n) is 1.02. The Bertz CT molecular complexity index is 407. The first kappa shape index (κ1) is 13.1. The van der Waals surface area contributed by atoms with Crippen molar-refractivity contribution in [3.63, 3.8) is 0 Å². The van der Waals surface area contributed by atoms with Crippen LogP contribution in [0.1, 0.15) is 20.3 Å². The summed E-state index contributed by atoms with van der Waals surface area (Å²) >= 11 is 3.23. The second-order valence-electron chi connectivity index (χ2n) is 3.85. The molecule has 1 rings (SSSR count). The number of hydrogen-bond donors (Lipinski definition) is 2. The lowest BCUT2D eigenvalue weighted by molar-refractivity contribution is -0.120. The van der Waals surface area contributed by atoms with Crippen LogP contribution in [-0.2, 0) is 4.79 Å². The molecule has 1 amide bonds. The molecule has 16 heavy (non-hydrogen) atoms. The van der Waals surface area contributed by atoms with Crippen LogP contribution in [0.2, 0.25) is 0 Å². The maximum Gasteiger partial charge on any atom is 0.244 e. The van der Waals surface area contributed by atoms with E-state index in [0.29, 0.717) is 16.6 Å². The highest BCUT2D eigenvalue weighted by Gasteiger charge is 2.26. The van der Waals surface area contributed by atoms with Gasteiger partial charge in [0.05, 0.1) is 11.2 Å². The molecular formula is C11H14BrFN2O. The predicted octanol–water partition coefficient (Wildman–Crippen LogP) is 2.65. The fraction of sp³-hybridized carbons (Fsp3) is 0.364. The summed E-state index contributed by atoms with van der Waals surface area (Å²) < 4.78 is 13.6. The van der Waals surface area contributed by atoms with Gasteiger partial charge in [0.1, 0.15) is 5.82 Å². The minimum absolute atomic E-state index is 0.332. The topological polar surface area (TPSA) is 55.1 Å². The lowest BCUT2D eigenvalue weighted by atomic mass is 9.99. The van der Waals surface area contributed by atoms with E-state index in [4.69, 9.17) is 5.73 Å². The van der Waals surface area contributed by atoms with Crippen LogP contribution >= 0.6 is 15.9 Å². The first-order valence-electron chi connectivity index (χ1n) is 4.92. The average molecular weight is 289 g/mol. The molecule has 3 nitrogen and oxygen atoms in total. The SMILES string of the molecule is CCC(C)(N)C(=O)Nc1cc(F)ccc1Br. The summed E-state index contributed by atoms with van der Waals surface area (Å²) in [6, 6.07) is 4.08. The van der Waals surface area contributed by atoms with Crippen molar-refractivity contribution in [2.45, 2.75) is 25.8 Å². The first-order valence-corrected chi connectivity index (χ1v) is 5.71. The Balaban J connectivity index is 2.89. The maximum absolute atomic E-state index is 13.0. The van der Waals surface area contributed by atoms with Gasteiger partial charge in [-0.15, -0.1) is 0 Å². The van der Waals surface area contributed by atoms with Crippen LogP contribution < -0.4 is 11.1 Å². The quantitative estimate of drug-likeness (QED) is 0.898. The molecule has 0 radical (unpaired) electrons. The number of amides is 1. The van der Waals surface area contributed by atoms with Crippen LogP contribution in [0, 0.1) is 5.82 Å². The number of nitrogens with two attached hydrogens (primary N) is 1. The molecule has 1 aromatic carbocycles. The van der Waals surface area contributed by atoms with Crippen molar-refractivity contribution < 1.29 is 9.18 Å². The van der Waals surface area contributed by atoms with E-state index in [0.717, 1.165) is 0 Å². The van der Waals surface area contributed by atoms with Crippen LogP contribution in [0.4, 0.5) is 10.1 Å². The highest BCUT2D eigenvalue weighted by molar-refractivity contribution is 9.10. The van der Waals surface area contributed by atoms with Gasteiger partial charge < -0.3 is 11.1 Å². The molecule has 0 heterocycles. The third-order valence-electron chi connectivity index (χ3n) is 2.43. The zero-order chi connectivity index (χ0) is 12.3. The molecule has 1 atom stereocenters. The number of anilines is 1. The van der Waals surface area contributed by atoms with Crippen LogP contribution in [0.3, 0.4) is 0 Å². The molecule has 0 aliphatic heterocycles. The van der Waals surface area contributed by atoms with Crippen LogP contribution in [0.15, 0.2) is 22.7 Å². The number of carbonyl (C=O) groups is 1. The van der Waals surface area contributed by atoms with Gasteiger partial charge in [0.15, 0.2) is 0 Å². The smallest absolute Gasteiger partial charge is 0.244 e. The van der Waals surface area contributed by atoms with Crippen molar-refractivity contribution in [2.24, 2.45) is 5.73 Å². The minimum Gasteiger partial charge on any atom is -0.323 e. The molecule has 0 spiro atoms. The summed E-state index contributed by atoms with van der Waals surface area (Å²) in [6.45, 7) is 3.45. The summed E-state index contributed by atoms with van der Waals surface area (Å²) in [6.07, 6.45) is 0.506. The molecule has 0 fully saturated rings. The number of hydrogen-bond acceptors (Lipinski definition) is 2. The highest BCUT2D eigenvalue weighted by Crippen LogP contribution is 2.24. The second-order valence-corrected chi connectivity index (χ2v) is 4.70. The first-order chi connectivity index (χ1) is 7.36. The van der Waals surface area contributed by atoms with Crippen LogP contribution in [0.5, 0.6) is 0 Å². The van der Waals surface area contributed by atoms with Crippen molar-refractivity contribution in [1.82, 2.24) is 0 Å². The fourth-order valence-corrected chi connectivity index (χ4v) is 1.36. The Morgan fingerprint density at radius 3 is 2.81 bits per heavy atom. The van der Waals surface area contributed by atoms with E-state index >= 15 is 0 Å². The van der Waals surface area contributed by atoms with E-state index in [-0.39, 0.29) is 5.91 Å². The zero-order valence-corrected chi connectivity index (χ0v) is 10.8. The summed E-state index contributed by atoms with van der Waals surface area (Å²) in [5.74, 6) is -0.741. The van der Waals surface area contributed by atoms with E-state index in [2.05, 4.69) is 21.2 Å². The minimum atomic E-state index is -0.953. The molecule has 3 N–H and O–H groups in total. The van der Waals surface area contributed by atoms with E-state index in [1.807, 2.05) is 6.92 Å². The zero-order valence-electron chi connectivity index (χ0n) is 9.18. The summed E-state index contributed by atoms with van der Waals surface area (Å²) in [5.41, 5.74) is 5.21. The molecule has 1 unspecified atom stereocenters. The van der Waals surface area contributed by atoms with Gasteiger partial charge in [-0.25, -0.2) is 4.39 Å². The second kappa shape index (κ2) is 4.93. The van der Waals surface area contributed by atoms with Gasteiger partial charge in [-0.1, -0.05) is 6.92 Å². The number of rotatable bonds is 3. The van der Waals surface area contributed by atoms with Crippen LogP contribution in [0.25, 0.3) is 0 Å². The number of carbonyl (C=O) groups excluding carboxylic acids is 1. The van der Waals surface area contributed by atoms with Crippen molar-refractivity contribution in [1.29, 1.82) is 0 Å². The van der Waals surface area contributed by atoms with E-state index in [1.54, 1.807) is 6.92 Å². The van der Waals surface area contributed by atoms with Crippen molar-refractivity contribution in [2.75, 3.05) is 5.32 Å². The van der Waals surface area contributed by atoms with Crippen molar-refractivity contribution in [3.05, 3.63) is 28.5 Å². The summed E-state index contributed by atoms with van der Waals surface area (Å²) in [5, 5.41) is 2.59. The maximum atomic E-state index is 13.0. The molecule has 0 aliphatic rings. The van der Waals surface area contributed by atoms with Crippen molar-refractivity contribution >= 4 is 27.5 Å². The van der Waals surface area contributed by atoms with E-state index in [1.165, 1.54) is 18.2 Å². The molecule has 0 aliphatic carbocycles. The van der Waals surface area contributed by atoms with Gasteiger partial charge in [-0.05, 0) is 47.5 Å². The number of benzene rings is 1. The predicted molar refractivity (Wildman–Crippen MR) is 65.6 cm³/mol. The molecule has 0 saturated carbocycles. The van der Waals surface area contributed by atoms with Gasteiger partial charge >= 0.3 is 0 Å². The molecule has 5 heteroatoms. The molecule has 0 aromatic heterocycles. The van der Waals surface area contributed by atoms with E-state index < -0.39 is 11.4 Å². The largest absolute Gasteiger partial charge is 0.323 e. The normalized spacial score (nSPS) is 14.3. The Hall–Kier alpha value is -0.940. The third kappa shape index (κ3) is 3.02. The molecule has 1 aromatic rings. The Kier molecular flexibility index (Phi) is 4.04. The highest BCUT2D eigenvalue weighted by atomic mass is 79.9. The lowest BCUT2D eigenvalue weighted by Gasteiger charge is -2.21. The Morgan fingerprint density at radius 1 is 1.62 bits per heavy atom. The molecular weight excluding hydrogens is 275 g/mol. The van der Waals surface area contributed by atoms with Gasteiger partial charge in [0, 0.05) is 4.47 Å². The van der Waals surface area contributed by atoms with Crippen LogP contribution in [-0.4, -0.2) is 11.4 Å². The lowest BCUT2D eigenvalue weighted by Crippen LogP contribution is -2.47. The summed E-state index contributed by atoms with van der Waals surface area (Å²) in [4.78, 5) is 11.7. The molecule has 88 valence electrons. The van der Waals surface area contributed by atoms with E-state index in [9.17, 15) is 9.18 Å². The third-order valence-corrected chi connectivity index (χ3v) is 3.12. The monoisotopic (exact) mass is 288 g/mol. The molecule has 0 bridgehead atoms. The Morgan fingerprint density at radius 2 is 2.25 bits per heavy atom. The molecule has 0 saturated heterocycles. The summed E-state index contributed by atoms with van der Waals surface area (Å²) in [7, 11) is 0. The number of nitrogens with one attached hydrogen (secondary N) is 1. The van der Waals surface area contributed by atoms with Gasteiger partial charge in [-0.3, -0.25) is 4.79 Å².